The molecule has 1 N–H and O–H groups in total. The lowest BCUT2D eigenvalue weighted by atomic mass is 10.0. The number of rotatable bonds is 5. The van der Waals surface area contributed by atoms with Crippen LogP contribution in [0.4, 0.5) is 28.4 Å². The summed E-state index contributed by atoms with van der Waals surface area (Å²) in [5.74, 6) is 0. The van der Waals surface area contributed by atoms with E-state index in [0.29, 0.717) is 0 Å². The predicted molar refractivity (Wildman–Crippen MR) is 219 cm³/mol. The molecule has 0 fully saturated rings. The van der Waals surface area contributed by atoms with Crippen LogP contribution in [0.1, 0.15) is 22.3 Å². The van der Waals surface area contributed by atoms with Gasteiger partial charge < -0.3 is 19.1 Å². The summed E-state index contributed by atoms with van der Waals surface area (Å²) >= 11 is 0. The van der Waals surface area contributed by atoms with Crippen LogP contribution in [-0.4, -0.2) is 0 Å². The zero-order valence-electron chi connectivity index (χ0n) is 29.5. The summed E-state index contributed by atoms with van der Waals surface area (Å²) in [4.78, 5) is 2.36. The van der Waals surface area contributed by atoms with E-state index in [9.17, 15) is 0 Å². The van der Waals surface area contributed by atoms with Crippen LogP contribution < -0.4 is 10.2 Å². The first-order valence-corrected chi connectivity index (χ1v) is 17.8. The summed E-state index contributed by atoms with van der Waals surface area (Å²) in [5, 5.41) is 12.4. The van der Waals surface area contributed by atoms with Crippen molar-refractivity contribution in [2.45, 2.75) is 27.7 Å². The van der Waals surface area contributed by atoms with E-state index in [2.05, 4.69) is 177 Å². The second-order valence-corrected chi connectivity index (χ2v) is 14.2. The van der Waals surface area contributed by atoms with Gasteiger partial charge >= 0.3 is 0 Å². The summed E-state index contributed by atoms with van der Waals surface area (Å²) in [6.07, 6.45) is 0. The van der Waals surface area contributed by atoms with Crippen LogP contribution in [-0.2, 0) is 0 Å². The molecule has 10 rings (SSSR count). The van der Waals surface area contributed by atoms with Gasteiger partial charge in [-0.05, 0) is 156 Å². The third-order valence-electron chi connectivity index (χ3n) is 10.5. The van der Waals surface area contributed by atoms with Crippen LogP contribution in [0.2, 0.25) is 0 Å². The lowest BCUT2D eigenvalue weighted by Crippen LogP contribution is -2.11. The number of fused-ring (bicyclic) bond motifs is 8. The van der Waals surface area contributed by atoms with Gasteiger partial charge in [0.25, 0.3) is 0 Å². The Morgan fingerprint density at radius 3 is 1.63 bits per heavy atom. The molecule has 0 unspecified atom stereocenters. The minimum absolute atomic E-state index is 0.857. The molecule has 0 aliphatic heterocycles. The van der Waals surface area contributed by atoms with Crippen molar-refractivity contribution in [2.24, 2.45) is 0 Å². The molecule has 0 aliphatic carbocycles. The molecule has 0 radical (unpaired) electrons. The van der Waals surface area contributed by atoms with E-state index in [0.717, 1.165) is 88.2 Å². The van der Waals surface area contributed by atoms with Crippen molar-refractivity contribution in [1.82, 2.24) is 0 Å². The molecule has 0 amide bonds. The molecule has 0 aliphatic rings. The van der Waals surface area contributed by atoms with Crippen molar-refractivity contribution in [2.75, 3.05) is 10.2 Å². The largest absolute Gasteiger partial charge is 0.456 e. The predicted octanol–water partition coefficient (Wildman–Crippen LogP) is 14.2. The van der Waals surface area contributed by atoms with Gasteiger partial charge in [0.15, 0.2) is 0 Å². The van der Waals surface area contributed by atoms with Crippen LogP contribution >= 0.6 is 0 Å². The molecule has 0 spiro atoms. The third-order valence-corrected chi connectivity index (χ3v) is 10.5. The smallest absolute Gasteiger partial charge is 0.136 e. The maximum absolute atomic E-state index is 6.61. The molecule has 4 nitrogen and oxygen atoms in total. The maximum atomic E-state index is 6.61. The van der Waals surface area contributed by atoms with Gasteiger partial charge in [-0.2, -0.15) is 0 Å². The van der Waals surface area contributed by atoms with Crippen molar-refractivity contribution in [3.05, 3.63) is 162 Å². The topological polar surface area (TPSA) is 41.6 Å². The summed E-state index contributed by atoms with van der Waals surface area (Å²) in [7, 11) is 0. The second-order valence-electron chi connectivity index (χ2n) is 14.2. The summed E-state index contributed by atoms with van der Waals surface area (Å²) in [5.41, 5.74) is 13.9. The Morgan fingerprint density at radius 2 is 0.981 bits per heavy atom. The van der Waals surface area contributed by atoms with E-state index >= 15 is 0 Å². The molecule has 52 heavy (non-hydrogen) atoms. The van der Waals surface area contributed by atoms with E-state index in [1.54, 1.807) is 0 Å². The zero-order valence-corrected chi connectivity index (χ0v) is 29.5. The zero-order chi connectivity index (χ0) is 35.1. The molecule has 2 aromatic heterocycles. The van der Waals surface area contributed by atoms with Gasteiger partial charge in [0.2, 0.25) is 0 Å². The van der Waals surface area contributed by atoms with Gasteiger partial charge in [-0.15, -0.1) is 0 Å². The third kappa shape index (κ3) is 4.98. The van der Waals surface area contributed by atoms with Crippen molar-refractivity contribution in [1.29, 1.82) is 0 Å². The lowest BCUT2D eigenvalue weighted by molar-refractivity contribution is 0.664. The molecule has 0 bridgehead atoms. The molecule has 250 valence electrons. The Kier molecular flexibility index (Phi) is 6.71. The molecule has 0 saturated heterocycles. The fourth-order valence-electron chi connectivity index (χ4n) is 7.92. The van der Waals surface area contributed by atoms with Crippen LogP contribution in [0.15, 0.2) is 148 Å². The quantitative estimate of drug-likeness (QED) is 0.198. The van der Waals surface area contributed by atoms with E-state index in [1.165, 1.54) is 27.9 Å². The molecule has 8 aromatic carbocycles. The van der Waals surface area contributed by atoms with Gasteiger partial charge in [0.1, 0.15) is 22.3 Å². The number of hydrogen-bond acceptors (Lipinski definition) is 4. The van der Waals surface area contributed by atoms with Gasteiger partial charge in [-0.1, -0.05) is 54.6 Å². The average Bonchev–Trinajstić information content (AvgIpc) is 3.65. The number of aryl methyl sites for hydroxylation is 4. The first-order valence-electron chi connectivity index (χ1n) is 17.8. The second kappa shape index (κ2) is 11.5. The number of benzene rings is 8. The van der Waals surface area contributed by atoms with E-state index in [-0.39, 0.29) is 0 Å². The van der Waals surface area contributed by atoms with Crippen molar-refractivity contribution in [3.8, 4) is 0 Å². The molecule has 0 atom stereocenters. The highest BCUT2D eigenvalue weighted by atomic mass is 16.3. The normalized spacial score (nSPS) is 11.8. The number of para-hydroxylation sites is 2. The lowest BCUT2D eigenvalue weighted by Gasteiger charge is -2.28. The molecule has 0 saturated carbocycles. The Balaban J connectivity index is 1.07. The molecule has 4 heteroatoms. The Bertz CT molecular complexity index is 3040. The number of furan rings is 2. The Morgan fingerprint density at radius 1 is 0.423 bits per heavy atom. The number of nitrogens with one attached hydrogen (secondary N) is 1. The highest BCUT2D eigenvalue weighted by molar-refractivity contribution is 6.18. The average molecular weight is 673 g/mol. The van der Waals surface area contributed by atoms with E-state index < -0.39 is 0 Å². The minimum Gasteiger partial charge on any atom is -0.456 e. The van der Waals surface area contributed by atoms with Crippen molar-refractivity contribution < 1.29 is 8.83 Å². The van der Waals surface area contributed by atoms with Crippen LogP contribution in [0.5, 0.6) is 0 Å². The first-order chi connectivity index (χ1) is 25.3. The number of nitrogens with zero attached hydrogens (tertiary/aromatic N) is 1. The molecular formula is C48H36N2O2. The van der Waals surface area contributed by atoms with E-state index in [4.69, 9.17) is 8.83 Å². The highest BCUT2D eigenvalue weighted by Gasteiger charge is 2.18. The summed E-state index contributed by atoms with van der Waals surface area (Å²) in [6, 6.07) is 50.0. The minimum atomic E-state index is 0.857. The first kappa shape index (κ1) is 30.3. The standard InChI is InChI=1S/C48H36N2O2/c1-28-17-29(2)19-38(18-28)50(44-12-8-6-10-31(44)4)37-16-14-33-23-40-42-27-47-41(26-48(42)52-46(40)25-35(33)21-37)39-22-32-13-15-36(20-34(32)24-45(39)51-47)49-43-11-7-5-9-30(43)3/h5-27,49H,1-4H3. The highest BCUT2D eigenvalue weighted by Crippen LogP contribution is 2.42. The van der Waals surface area contributed by atoms with E-state index in [1.807, 2.05) is 0 Å². The molecule has 10 aromatic rings. The van der Waals surface area contributed by atoms with Crippen molar-refractivity contribution >= 4 is 93.9 Å². The summed E-state index contributed by atoms with van der Waals surface area (Å²) in [6.45, 7) is 8.61. The van der Waals surface area contributed by atoms with Gasteiger partial charge in [-0.25, -0.2) is 0 Å². The fraction of sp³-hybridized carbons (Fsp3) is 0.0833. The van der Waals surface area contributed by atoms with Gasteiger partial charge in [-0.3, -0.25) is 0 Å². The number of hydrogen-bond donors (Lipinski definition) is 1. The van der Waals surface area contributed by atoms with Gasteiger partial charge in [0.05, 0.1) is 0 Å². The van der Waals surface area contributed by atoms with Crippen molar-refractivity contribution in [3.63, 3.8) is 0 Å². The SMILES string of the molecule is Cc1cc(C)cc(N(c2ccc3cc4c(cc3c2)oc2cc3c(cc24)oc2cc4cc(Nc5ccccc5C)ccc4cc23)c2ccccc2C)c1. The fourth-order valence-corrected chi connectivity index (χ4v) is 7.92. The molecular weight excluding hydrogens is 637 g/mol. The molecule has 2 heterocycles. The monoisotopic (exact) mass is 672 g/mol. The Labute approximate surface area is 301 Å². The van der Waals surface area contributed by atoms with Crippen LogP contribution in [0.3, 0.4) is 0 Å². The maximum Gasteiger partial charge on any atom is 0.136 e. The Hall–Kier alpha value is -6.52. The van der Waals surface area contributed by atoms with Crippen LogP contribution in [0, 0.1) is 27.7 Å². The number of anilines is 5. The van der Waals surface area contributed by atoms with Gasteiger partial charge in [0, 0.05) is 50.0 Å². The van der Waals surface area contributed by atoms with Crippen LogP contribution in [0.25, 0.3) is 65.4 Å². The summed E-state index contributed by atoms with van der Waals surface area (Å²) < 4.78 is 13.1.